The van der Waals surface area contributed by atoms with Crippen molar-refractivity contribution >= 4 is 33.6 Å². The van der Waals surface area contributed by atoms with Gasteiger partial charge in [-0.15, -0.1) is 4.51 Å². The molecule has 13 heavy (non-hydrogen) atoms. The second-order valence-corrected chi connectivity index (χ2v) is 3.57. The molecule has 0 atom stereocenters. The standard InChI is InChI=1S/C9H9BrClNO/c1-13-9(12-11)6-7-2-4-8(10)5-3-7/h2-5H,6H2,1H3. The van der Waals surface area contributed by atoms with Gasteiger partial charge in [-0.25, -0.2) is 0 Å². The van der Waals surface area contributed by atoms with Crippen molar-refractivity contribution in [2.45, 2.75) is 6.42 Å². The molecule has 1 aromatic carbocycles. The molecule has 0 aliphatic carbocycles. The number of ether oxygens (including phenoxy) is 1. The Morgan fingerprint density at radius 1 is 1.46 bits per heavy atom. The average Bonchev–Trinajstić information content (AvgIpc) is 2.17. The van der Waals surface area contributed by atoms with Crippen molar-refractivity contribution in [3.05, 3.63) is 34.3 Å². The first-order valence-electron chi connectivity index (χ1n) is 3.72. The first kappa shape index (κ1) is 10.5. The van der Waals surface area contributed by atoms with Crippen molar-refractivity contribution in [3.63, 3.8) is 0 Å². The number of hydrogen-bond donors (Lipinski definition) is 0. The Kier molecular flexibility index (Phi) is 4.25. The van der Waals surface area contributed by atoms with Gasteiger partial charge in [-0.1, -0.05) is 28.1 Å². The van der Waals surface area contributed by atoms with Crippen LogP contribution in [-0.2, 0) is 11.2 Å². The molecule has 1 rings (SSSR count). The zero-order chi connectivity index (χ0) is 9.68. The Hall–Kier alpha value is -0.540. The summed E-state index contributed by atoms with van der Waals surface area (Å²) in [5.41, 5.74) is 1.12. The van der Waals surface area contributed by atoms with Crippen molar-refractivity contribution in [2.24, 2.45) is 4.51 Å². The molecule has 0 aliphatic heterocycles. The molecule has 2 nitrogen and oxygen atoms in total. The minimum absolute atomic E-state index is 0.518. The summed E-state index contributed by atoms with van der Waals surface area (Å²) in [5, 5.41) is 0. The highest BCUT2D eigenvalue weighted by Gasteiger charge is 2.00. The monoisotopic (exact) mass is 261 g/mol. The Morgan fingerprint density at radius 3 is 2.54 bits per heavy atom. The first-order chi connectivity index (χ1) is 6.26. The maximum Gasteiger partial charge on any atom is 0.205 e. The molecule has 0 spiro atoms. The van der Waals surface area contributed by atoms with Gasteiger partial charge < -0.3 is 4.74 Å². The lowest BCUT2D eigenvalue weighted by molar-refractivity contribution is 0.395. The number of rotatable bonds is 2. The number of benzene rings is 1. The van der Waals surface area contributed by atoms with E-state index in [2.05, 4.69) is 20.4 Å². The van der Waals surface area contributed by atoms with E-state index in [0.717, 1.165) is 10.0 Å². The van der Waals surface area contributed by atoms with Crippen molar-refractivity contribution in [1.29, 1.82) is 0 Å². The van der Waals surface area contributed by atoms with E-state index in [4.69, 9.17) is 16.5 Å². The third-order valence-electron chi connectivity index (χ3n) is 1.60. The van der Waals surface area contributed by atoms with E-state index in [1.807, 2.05) is 24.3 Å². The Labute approximate surface area is 90.8 Å². The van der Waals surface area contributed by atoms with Crippen LogP contribution in [0.1, 0.15) is 5.56 Å². The van der Waals surface area contributed by atoms with Crippen LogP contribution in [0.15, 0.2) is 33.2 Å². The zero-order valence-corrected chi connectivity index (χ0v) is 9.47. The fraction of sp³-hybridized carbons (Fsp3) is 0.222. The van der Waals surface area contributed by atoms with E-state index in [0.29, 0.717) is 12.3 Å². The topological polar surface area (TPSA) is 21.6 Å². The number of hydrogen-bond acceptors (Lipinski definition) is 2. The van der Waals surface area contributed by atoms with Gasteiger partial charge in [0.25, 0.3) is 0 Å². The second kappa shape index (κ2) is 5.25. The Bertz CT molecular complexity index is 297. The van der Waals surface area contributed by atoms with Crippen LogP contribution in [0.2, 0.25) is 0 Å². The van der Waals surface area contributed by atoms with Crippen molar-refractivity contribution in [1.82, 2.24) is 0 Å². The van der Waals surface area contributed by atoms with Crippen LogP contribution in [0.5, 0.6) is 0 Å². The lowest BCUT2D eigenvalue weighted by Gasteiger charge is -2.02. The summed E-state index contributed by atoms with van der Waals surface area (Å²) in [6.45, 7) is 0. The van der Waals surface area contributed by atoms with E-state index < -0.39 is 0 Å². The molecule has 0 heterocycles. The van der Waals surface area contributed by atoms with Gasteiger partial charge in [-0.3, -0.25) is 0 Å². The molecule has 0 saturated heterocycles. The molecule has 0 unspecified atom stereocenters. The van der Waals surface area contributed by atoms with E-state index in [9.17, 15) is 0 Å². The van der Waals surface area contributed by atoms with Gasteiger partial charge in [0.1, 0.15) is 0 Å². The van der Waals surface area contributed by atoms with Crippen molar-refractivity contribution in [2.75, 3.05) is 7.11 Å². The summed E-state index contributed by atoms with van der Waals surface area (Å²) < 4.78 is 9.47. The van der Waals surface area contributed by atoms with Crippen LogP contribution in [0, 0.1) is 0 Å². The summed E-state index contributed by atoms with van der Waals surface area (Å²) in [6, 6.07) is 7.92. The number of halogens is 2. The van der Waals surface area contributed by atoms with Gasteiger partial charge in [-0.2, -0.15) is 0 Å². The predicted octanol–water partition coefficient (Wildman–Crippen LogP) is 3.19. The highest BCUT2D eigenvalue weighted by atomic mass is 79.9. The average molecular weight is 263 g/mol. The van der Waals surface area contributed by atoms with E-state index in [1.54, 1.807) is 7.11 Å². The van der Waals surface area contributed by atoms with Gasteiger partial charge >= 0.3 is 0 Å². The Morgan fingerprint density at radius 2 is 2.08 bits per heavy atom. The summed E-state index contributed by atoms with van der Waals surface area (Å²) in [4.78, 5) is 0. The lowest BCUT2D eigenvalue weighted by Crippen LogP contribution is -2.03. The largest absolute Gasteiger partial charge is 0.483 e. The van der Waals surface area contributed by atoms with Crippen molar-refractivity contribution in [3.8, 4) is 0 Å². The smallest absolute Gasteiger partial charge is 0.205 e. The fourth-order valence-corrected chi connectivity index (χ4v) is 1.31. The summed E-state index contributed by atoms with van der Waals surface area (Å²) in [7, 11) is 1.56. The molecule has 0 saturated carbocycles. The molecule has 0 aliphatic rings. The third kappa shape index (κ3) is 3.36. The minimum atomic E-state index is 0.518. The molecular formula is C9H9BrClNO. The normalized spacial score (nSPS) is 11.5. The molecule has 0 amide bonds. The molecule has 0 fully saturated rings. The van der Waals surface area contributed by atoms with Crippen molar-refractivity contribution < 1.29 is 4.74 Å². The zero-order valence-electron chi connectivity index (χ0n) is 7.13. The molecule has 0 bridgehead atoms. The predicted molar refractivity (Wildman–Crippen MR) is 58.1 cm³/mol. The van der Waals surface area contributed by atoms with E-state index >= 15 is 0 Å². The molecule has 0 N–H and O–H groups in total. The fourth-order valence-electron chi connectivity index (χ4n) is 0.913. The van der Waals surface area contributed by atoms with Crippen LogP contribution in [0.25, 0.3) is 0 Å². The summed E-state index contributed by atoms with van der Waals surface area (Å²) in [5.74, 6) is 0.518. The van der Waals surface area contributed by atoms with Crippen LogP contribution < -0.4 is 0 Å². The maximum atomic E-state index is 5.30. The maximum absolute atomic E-state index is 5.30. The number of methoxy groups -OCH3 is 1. The van der Waals surface area contributed by atoms with Gasteiger partial charge in [0, 0.05) is 22.7 Å². The van der Waals surface area contributed by atoms with Gasteiger partial charge in [0.15, 0.2) is 0 Å². The Balaban J connectivity index is 2.69. The molecule has 70 valence electrons. The van der Waals surface area contributed by atoms with Crippen LogP contribution in [0.4, 0.5) is 0 Å². The molecule has 0 radical (unpaired) electrons. The number of nitrogens with zero attached hydrogens (tertiary/aromatic N) is 1. The SMILES string of the molecule is COC(Cc1ccc(Br)cc1)=NCl. The van der Waals surface area contributed by atoms with Gasteiger partial charge in [0.2, 0.25) is 5.90 Å². The lowest BCUT2D eigenvalue weighted by atomic mass is 10.1. The van der Waals surface area contributed by atoms with Crippen LogP contribution in [0.3, 0.4) is 0 Å². The second-order valence-electron chi connectivity index (χ2n) is 2.49. The van der Waals surface area contributed by atoms with Gasteiger partial charge in [0.05, 0.1) is 7.11 Å². The quantitative estimate of drug-likeness (QED) is 0.592. The highest BCUT2D eigenvalue weighted by molar-refractivity contribution is 9.10. The summed E-state index contributed by atoms with van der Waals surface area (Å²) in [6.07, 6.45) is 0.618. The van der Waals surface area contributed by atoms with E-state index in [-0.39, 0.29) is 0 Å². The molecule has 4 heteroatoms. The van der Waals surface area contributed by atoms with Gasteiger partial charge in [-0.05, 0) is 17.7 Å². The van der Waals surface area contributed by atoms with E-state index in [1.165, 1.54) is 0 Å². The summed E-state index contributed by atoms with van der Waals surface area (Å²) >= 11 is 8.66. The minimum Gasteiger partial charge on any atom is -0.483 e. The molecule has 1 aromatic rings. The highest BCUT2D eigenvalue weighted by Crippen LogP contribution is 2.11. The first-order valence-corrected chi connectivity index (χ1v) is 4.85. The van der Waals surface area contributed by atoms with Crippen LogP contribution in [-0.4, -0.2) is 13.0 Å². The molecular weight excluding hydrogens is 253 g/mol. The van der Waals surface area contributed by atoms with Crippen LogP contribution >= 0.6 is 27.7 Å². The molecule has 0 aromatic heterocycles. The third-order valence-corrected chi connectivity index (χ3v) is 2.32.